The van der Waals surface area contributed by atoms with Crippen LogP contribution in [0.3, 0.4) is 0 Å². The fourth-order valence-corrected chi connectivity index (χ4v) is 2.90. The molecule has 1 heterocycles. The van der Waals surface area contributed by atoms with Crippen LogP contribution in [0, 0.1) is 23.1 Å². The van der Waals surface area contributed by atoms with Gasteiger partial charge in [0.1, 0.15) is 5.82 Å². The monoisotopic (exact) mass is 362 g/mol. The lowest BCUT2D eigenvalue weighted by atomic mass is 9.95. The number of piperidine rings is 1. The molecule has 0 aliphatic carbocycles. The minimum Gasteiger partial charge on any atom is -0.369 e. The maximum absolute atomic E-state index is 14.1. The van der Waals surface area contributed by atoms with E-state index >= 15 is 0 Å². The average molecular weight is 362 g/mol. The van der Waals surface area contributed by atoms with Gasteiger partial charge >= 0.3 is 0 Å². The number of hydrogen-bond acceptors (Lipinski definition) is 5. The van der Waals surface area contributed by atoms with Crippen molar-refractivity contribution >= 4 is 17.5 Å². The first kappa shape index (κ1) is 19.7. The van der Waals surface area contributed by atoms with Crippen LogP contribution < -0.4 is 10.2 Å². The van der Waals surface area contributed by atoms with Crippen molar-refractivity contribution in [1.29, 1.82) is 5.26 Å². The Morgan fingerprint density at radius 2 is 2.12 bits per heavy atom. The Bertz CT molecular complexity index is 696. The van der Waals surface area contributed by atoms with Crippen LogP contribution in [0.15, 0.2) is 18.2 Å². The van der Waals surface area contributed by atoms with E-state index in [-0.39, 0.29) is 29.8 Å². The van der Waals surface area contributed by atoms with Crippen molar-refractivity contribution in [2.45, 2.75) is 19.8 Å². The fourth-order valence-electron chi connectivity index (χ4n) is 2.90. The number of carbonyl (C=O) groups excluding carboxylic acids is 2. The molecule has 1 aromatic carbocycles. The SMILES string of the molecule is CCON(C)C(=O)CNC(=O)C1CCN(c2ccc(C#N)cc2F)CC1. The molecule has 140 valence electrons. The normalized spacial score (nSPS) is 14.6. The lowest BCUT2D eigenvalue weighted by molar-refractivity contribution is -0.175. The largest absolute Gasteiger partial charge is 0.369 e. The number of carbonyl (C=O) groups is 2. The molecular weight excluding hydrogens is 339 g/mol. The molecule has 0 saturated carbocycles. The van der Waals surface area contributed by atoms with E-state index in [2.05, 4.69) is 5.32 Å². The number of nitrogens with one attached hydrogen (secondary N) is 1. The van der Waals surface area contributed by atoms with E-state index in [1.54, 1.807) is 19.1 Å². The molecule has 1 aromatic rings. The summed E-state index contributed by atoms with van der Waals surface area (Å²) >= 11 is 0. The third-order valence-electron chi connectivity index (χ3n) is 4.37. The molecule has 1 N–H and O–H groups in total. The van der Waals surface area contributed by atoms with Crippen LogP contribution in [0.2, 0.25) is 0 Å². The topological polar surface area (TPSA) is 85.7 Å². The Hall–Kier alpha value is -2.66. The Kier molecular flexibility index (Phi) is 6.92. The van der Waals surface area contributed by atoms with Crippen molar-refractivity contribution < 1.29 is 18.8 Å². The molecule has 0 aromatic heterocycles. The fraction of sp³-hybridized carbons (Fsp3) is 0.500. The maximum atomic E-state index is 14.1. The van der Waals surface area contributed by atoms with Gasteiger partial charge in [-0.1, -0.05) is 0 Å². The lowest BCUT2D eigenvalue weighted by Gasteiger charge is -2.33. The number of benzene rings is 1. The van der Waals surface area contributed by atoms with Gasteiger partial charge in [0, 0.05) is 26.1 Å². The zero-order valence-corrected chi connectivity index (χ0v) is 15.0. The highest BCUT2D eigenvalue weighted by Crippen LogP contribution is 2.26. The van der Waals surface area contributed by atoms with Gasteiger partial charge in [0.2, 0.25) is 5.91 Å². The summed E-state index contributed by atoms with van der Waals surface area (Å²) in [5.74, 6) is -1.14. The Labute approximate surface area is 152 Å². The van der Waals surface area contributed by atoms with Crippen LogP contribution in [0.1, 0.15) is 25.3 Å². The highest BCUT2D eigenvalue weighted by atomic mass is 19.1. The molecule has 1 aliphatic heterocycles. The van der Waals surface area contributed by atoms with Crippen molar-refractivity contribution in [3.05, 3.63) is 29.6 Å². The van der Waals surface area contributed by atoms with Crippen molar-refractivity contribution in [3.63, 3.8) is 0 Å². The molecule has 26 heavy (non-hydrogen) atoms. The maximum Gasteiger partial charge on any atom is 0.265 e. The quantitative estimate of drug-likeness (QED) is 0.774. The molecule has 0 atom stereocenters. The van der Waals surface area contributed by atoms with Crippen molar-refractivity contribution in [2.75, 3.05) is 38.2 Å². The van der Waals surface area contributed by atoms with Gasteiger partial charge in [-0.2, -0.15) is 5.26 Å². The molecule has 7 nitrogen and oxygen atoms in total. The number of nitriles is 1. The number of nitrogens with zero attached hydrogens (tertiary/aromatic N) is 3. The molecule has 0 bridgehead atoms. The average Bonchev–Trinajstić information content (AvgIpc) is 2.66. The van der Waals surface area contributed by atoms with Gasteiger partial charge in [-0.25, -0.2) is 9.45 Å². The molecule has 1 aliphatic rings. The van der Waals surface area contributed by atoms with Gasteiger partial charge in [0.25, 0.3) is 5.91 Å². The smallest absolute Gasteiger partial charge is 0.265 e. The molecule has 0 unspecified atom stereocenters. The van der Waals surface area contributed by atoms with Crippen LogP contribution in [-0.2, 0) is 14.4 Å². The minimum atomic E-state index is -0.434. The zero-order chi connectivity index (χ0) is 19.1. The van der Waals surface area contributed by atoms with Crippen molar-refractivity contribution in [2.24, 2.45) is 5.92 Å². The van der Waals surface area contributed by atoms with E-state index in [0.29, 0.717) is 38.2 Å². The second kappa shape index (κ2) is 9.15. The van der Waals surface area contributed by atoms with Gasteiger partial charge in [-0.05, 0) is 38.0 Å². The van der Waals surface area contributed by atoms with E-state index in [1.807, 2.05) is 11.0 Å². The number of anilines is 1. The summed E-state index contributed by atoms with van der Waals surface area (Å²) in [7, 11) is 1.50. The number of likely N-dealkylation sites (N-methyl/N-ethyl adjacent to an activating group) is 1. The van der Waals surface area contributed by atoms with Gasteiger partial charge in [0.05, 0.1) is 30.5 Å². The van der Waals surface area contributed by atoms with Crippen LogP contribution in [0.4, 0.5) is 10.1 Å². The number of hydrogen-bond donors (Lipinski definition) is 1. The second-order valence-electron chi connectivity index (χ2n) is 6.07. The lowest BCUT2D eigenvalue weighted by Crippen LogP contribution is -2.44. The van der Waals surface area contributed by atoms with Gasteiger partial charge in [-0.15, -0.1) is 0 Å². The van der Waals surface area contributed by atoms with Crippen LogP contribution >= 0.6 is 0 Å². The van der Waals surface area contributed by atoms with Crippen LogP contribution in [0.25, 0.3) is 0 Å². The van der Waals surface area contributed by atoms with E-state index < -0.39 is 5.82 Å². The van der Waals surface area contributed by atoms with E-state index in [9.17, 15) is 14.0 Å². The number of hydroxylamine groups is 2. The molecule has 0 radical (unpaired) electrons. The molecule has 0 spiro atoms. The van der Waals surface area contributed by atoms with E-state index in [4.69, 9.17) is 10.1 Å². The Balaban J connectivity index is 1.83. The summed E-state index contributed by atoms with van der Waals surface area (Å²) < 4.78 is 14.1. The summed E-state index contributed by atoms with van der Waals surface area (Å²) in [5, 5.41) is 12.5. The highest BCUT2D eigenvalue weighted by Gasteiger charge is 2.26. The first-order chi connectivity index (χ1) is 12.5. The van der Waals surface area contributed by atoms with Gasteiger partial charge in [0.15, 0.2) is 0 Å². The number of amides is 2. The summed E-state index contributed by atoms with van der Waals surface area (Å²) in [5.41, 5.74) is 0.721. The standard InChI is InChI=1S/C18H23FN4O3/c1-3-26-22(2)17(24)12-21-18(25)14-6-8-23(9-7-14)16-5-4-13(11-20)10-15(16)19/h4-5,10,14H,3,6-9,12H2,1-2H3,(H,21,25). The van der Waals surface area contributed by atoms with Gasteiger partial charge < -0.3 is 10.2 Å². The molecule has 8 heteroatoms. The minimum absolute atomic E-state index is 0.111. The molecule has 2 amide bonds. The summed E-state index contributed by atoms with van der Waals surface area (Å²) in [6.45, 7) is 3.11. The molecule has 1 fully saturated rings. The third kappa shape index (κ3) is 4.92. The Morgan fingerprint density at radius 3 is 2.69 bits per heavy atom. The number of rotatable bonds is 6. The van der Waals surface area contributed by atoms with Crippen molar-refractivity contribution in [1.82, 2.24) is 10.4 Å². The highest BCUT2D eigenvalue weighted by molar-refractivity contribution is 5.85. The van der Waals surface area contributed by atoms with Gasteiger partial charge in [-0.3, -0.25) is 14.4 Å². The summed E-state index contributed by atoms with van der Waals surface area (Å²) in [6, 6.07) is 6.30. The number of halogens is 1. The summed E-state index contributed by atoms with van der Waals surface area (Å²) in [4.78, 5) is 30.9. The van der Waals surface area contributed by atoms with Crippen LogP contribution in [-0.4, -0.2) is 50.2 Å². The molecule has 1 saturated heterocycles. The second-order valence-corrected chi connectivity index (χ2v) is 6.07. The third-order valence-corrected chi connectivity index (χ3v) is 4.37. The van der Waals surface area contributed by atoms with E-state index in [1.165, 1.54) is 13.1 Å². The van der Waals surface area contributed by atoms with E-state index in [0.717, 1.165) is 5.06 Å². The predicted molar refractivity (Wildman–Crippen MR) is 93.5 cm³/mol. The first-order valence-electron chi connectivity index (χ1n) is 8.58. The Morgan fingerprint density at radius 1 is 1.42 bits per heavy atom. The zero-order valence-electron chi connectivity index (χ0n) is 15.0. The molecule has 2 rings (SSSR count). The predicted octanol–water partition coefficient (Wildman–Crippen LogP) is 1.44. The van der Waals surface area contributed by atoms with Crippen LogP contribution in [0.5, 0.6) is 0 Å². The molecular formula is C18H23FN4O3. The summed E-state index contributed by atoms with van der Waals surface area (Å²) in [6.07, 6.45) is 1.14. The van der Waals surface area contributed by atoms with Crippen molar-refractivity contribution in [3.8, 4) is 6.07 Å². The first-order valence-corrected chi connectivity index (χ1v) is 8.58.